The lowest BCUT2D eigenvalue weighted by atomic mass is 10.4. The van der Waals surface area contributed by atoms with E-state index in [0.717, 1.165) is 29.7 Å². The second-order valence-corrected chi connectivity index (χ2v) is 6.77. The predicted molar refractivity (Wildman–Crippen MR) is 77.9 cm³/mol. The number of nitrogens with zero attached hydrogens (tertiary/aromatic N) is 7. The monoisotopic (exact) mass is 305 g/mol. The third-order valence-corrected chi connectivity index (χ3v) is 4.86. The molecule has 112 valence electrons. The molecule has 2 fully saturated rings. The number of hydrogen-bond donors (Lipinski definition) is 0. The molecule has 0 spiro atoms. The molecule has 0 N–H and O–H groups in total. The van der Waals surface area contributed by atoms with Crippen LogP contribution in [-0.2, 0) is 12.3 Å². The summed E-state index contributed by atoms with van der Waals surface area (Å²) in [6.07, 6.45) is 6.10. The SMILES string of the molecule is CCCn1nnnc1CSc1nnc(C2CC2)n1C1CC1. The Morgan fingerprint density at radius 3 is 2.71 bits per heavy atom. The fourth-order valence-electron chi connectivity index (χ4n) is 2.52. The first-order valence-electron chi connectivity index (χ1n) is 7.69. The number of rotatable bonds is 7. The maximum atomic E-state index is 4.43. The summed E-state index contributed by atoms with van der Waals surface area (Å²) in [6.45, 7) is 3.00. The summed E-state index contributed by atoms with van der Waals surface area (Å²) < 4.78 is 4.25. The average Bonchev–Trinajstić information content (AvgIpc) is 3.41. The van der Waals surface area contributed by atoms with Crippen molar-refractivity contribution in [3.05, 3.63) is 11.6 Å². The van der Waals surface area contributed by atoms with Crippen molar-refractivity contribution < 1.29 is 0 Å². The molecule has 0 radical (unpaired) electrons. The van der Waals surface area contributed by atoms with Gasteiger partial charge in [-0.05, 0) is 42.5 Å². The first kappa shape index (κ1) is 13.2. The van der Waals surface area contributed by atoms with Crippen LogP contribution < -0.4 is 0 Å². The third-order valence-electron chi connectivity index (χ3n) is 3.92. The van der Waals surface area contributed by atoms with Crippen LogP contribution in [0.2, 0.25) is 0 Å². The Hall–Kier alpha value is -1.44. The highest BCUT2D eigenvalue weighted by atomic mass is 32.2. The lowest BCUT2D eigenvalue weighted by molar-refractivity contribution is 0.564. The van der Waals surface area contributed by atoms with E-state index in [9.17, 15) is 0 Å². The number of hydrogen-bond acceptors (Lipinski definition) is 6. The lowest BCUT2D eigenvalue weighted by Gasteiger charge is -2.07. The standard InChI is InChI=1S/C13H19N7S/c1-2-7-19-11(14-17-18-19)8-21-13-16-15-12(9-3-4-9)20(13)10-5-6-10/h9-10H,2-8H2,1H3. The third kappa shape index (κ3) is 2.68. The zero-order valence-corrected chi connectivity index (χ0v) is 13.0. The zero-order valence-electron chi connectivity index (χ0n) is 12.1. The van der Waals surface area contributed by atoms with E-state index in [0.29, 0.717) is 12.0 Å². The van der Waals surface area contributed by atoms with Crippen molar-refractivity contribution in [2.45, 2.75) is 68.4 Å². The molecule has 2 aromatic heterocycles. The molecule has 0 atom stereocenters. The molecule has 7 nitrogen and oxygen atoms in total. The molecule has 4 rings (SSSR count). The molecule has 0 unspecified atom stereocenters. The summed E-state index contributed by atoms with van der Waals surface area (Å²) in [5.74, 6) is 3.52. The summed E-state index contributed by atoms with van der Waals surface area (Å²) in [4.78, 5) is 0. The number of tetrazole rings is 1. The Balaban J connectivity index is 1.50. The normalized spacial score (nSPS) is 18.3. The zero-order chi connectivity index (χ0) is 14.2. The van der Waals surface area contributed by atoms with Gasteiger partial charge in [0.1, 0.15) is 5.82 Å². The second-order valence-electron chi connectivity index (χ2n) is 5.82. The Labute approximate surface area is 127 Å². The molecule has 2 saturated carbocycles. The molecule has 21 heavy (non-hydrogen) atoms. The molecule has 2 aliphatic carbocycles. The minimum atomic E-state index is 0.629. The van der Waals surface area contributed by atoms with Crippen molar-refractivity contribution in [1.82, 2.24) is 35.0 Å². The van der Waals surface area contributed by atoms with Crippen LogP contribution in [0, 0.1) is 0 Å². The van der Waals surface area contributed by atoms with Gasteiger partial charge in [0, 0.05) is 18.5 Å². The van der Waals surface area contributed by atoms with E-state index in [4.69, 9.17) is 0 Å². The van der Waals surface area contributed by atoms with Crippen molar-refractivity contribution >= 4 is 11.8 Å². The van der Waals surface area contributed by atoms with Crippen molar-refractivity contribution in [3.8, 4) is 0 Å². The van der Waals surface area contributed by atoms with Crippen LogP contribution in [0.3, 0.4) is 0 Å². The molecule has 2 heterocycles. The number of thioether (sulfide) groups is 1. The van der Waals surface area contributed by atoms with Gasteiger partial charge in [0.15, 0.2) is 11.0 Å². The molecular formula is C13H19N7S. The Kier molecular flexibility index (Phi) is 3.40. The van der Waals surface area contributed by atoms with Gasteiger partial charge in [-0.15, -0.1) is 15.3 Å². The van der Waals surface area contributed by atoms with Crippen LogP contribution in [0.25, 0.3) is 0 Å². The smallest absolute Gasteiger partial charge is 0.191 e. The Morgan fingerprint density at radius 1 is 1.14 bits per heavy atom. The molecule has 0 amide bonds. The Morgan fingerprint density at radius 2 is 2.00 bits per heavy atom. The van der Waals surface area contributed by atoms with Gasteiger partial charge in [0.2, 0.25) is 0 Å². The van der Waals surface area contributed by atoms with Gasteiger partial charge in [0.25, 0.3) is 0 Å². The van der Waals surface area contributed by atoms with E-state index in [2.05, 4.69) is 37.2 Å². The van der Waals surface area contributed by atoms with Gasteiger partial charge in [0.05, 0.1) is 5.75 Å². The molecule has 0 aromatic carbocycles. The van der Waals surface area contributed by atoms with Gasteiger partial charge in [-0.1, -0.05) is 18.7 Å². The summed E-state index contributed by atoms with van der Waals surface area (Å²) in [5, 5.41) is 21.8. The highest BCUT2D eigenvalue weighted by molar-refractivity contribution is 7.98. The molecule has 8 heteroatoms. The van der Waals surface area contributed by atoms with Gasteiger partial charge in [-0.3, -0.25) is 0 Å². The van der Waals surface area contributed by atoms with Crippen LogP contribution in [0.4, 0.5) is 0 Å². The van der Waals surface area contributed by atoms with Gasteiger partial charge >= 0.3 is 0 Å². The molecular weight excluding hydrogens is 286 g/mol. The van der Waals surface area contributed by atoms with Crippen molar-refractivity contribution in [1.29, 1.82) is 0 Å². The van der Waals surface area contributed by atoms with E-state index >= 15 is 0 Å². The van der Waals surface area contributed by atoms with E-state index in [1.807, 2.05) is 4.68 Å². The number of aromatic nitrogens is 7. The maximum Gasteiger partial charge on any atom is 0.191 e. The van der Waals surface area contributed by atoms with E-state index in [1.54, 1.807) is 11.8 Å². The fourth-order valence-corrected chi connectivity index (χ4v) is 3.47. The van der Waals surface area contributed by atoms with Crippen LogP contribution >= 0.6 is 11.8 Å². The predicted octanol–water partition coefficient (Wildman–Crippen LogP) is 2.18. The molecule has 0 saturated heterocycles. The van der Waals surface area contributed by atoms with E-state index in [-0.39, 0.29) is 0 Å². The van der Waals surface area contributed by atoms with Crippen molar-refractivity contribution in [2.24, 2.45) is 0 Å². The molecule has 2 aromatic rings. The van der Waals surface area contributed by atoms with Crippen molar-refractivity contribution in [2.75, 3.05) is 0 Å². The maximum absolute atomic E-state index is 4.43. The van der Waals surface area contributed by atoms with Crippen molar-refractivity contribution in [3.63, 3.8) is 0 Å². The van der Waals surface area contributed by atoms with Crippen LogP contribution in [-0.4, -0.2) is 35.0 Å². The fraction of sp³-hybridized carbons (Fsp3) is 0.769. The second kappa shape index (κ2) is 5.40. The topological polar surface area (TPSA) is 74.3 Å². The minimum Gasteiger partial charge on any atom is -0.303 e. The summed E-state index contributed by atoms with van der Waals surface area (Å²) in [6, 6.07) is 0.629. The Bertz CT molecular complexity index is 626. The largest absolute Gasteiger partial charge is 0.303 e. The van der Waals surface area contributed by atoms with Gasteiger partial charge < -0.3 is 4.57 Å². The van der Waals surface area contributed by atoms with Gasteiger partial charge in [-0.2, -0.15) is 0 Å². The van der Waals surface area contributed by atoms with Crippen LogP contribution in [0.5, 0.6) is 0 Å². The first-order chi connectivity index (χ1) is 10.4. The molecule has 0 bridgehead atoms. The first-order valence-corrected chi connectivity index (χ1v) is 8.68. The van der Waals surface area contributed by atoms with Crippen LogP contribution in [0.15, 0.2) is 5.16 Å². The highest BCUT2D eigenvalue weighted by Crippen LogP contribution is 2.46. The molecule has 2 aliphatic rings. The minimum absolute atomic E-state index is 0.629. The summed E-state index contributed by atoms with van der Waals surface area (Å²) >= 11 is 1.71. The summed E-state index contributed by atoms with van der Waals surface area (Å²) in [5.41, 5.74) is 0. The van der Waals surface area contributed by atoms with E-state index in [1.165, 1.54) is 31.5 Å². The van der Waals surface area contributed by atoms with Crippen LogP contribution in [0.1, 0.15) is 62.6 Å². The average molecular weight is 305 g/mol. The van der Waals surface area contributed by atoms with Gasteiger partial charge in [-0.25, -0.2) is 4.68 Å². The summed E-state index contributed by atoms with van der Waals surface area (Å²) in [7, 11) is 0. The lowest BCUT2D eigenvalue weighted by Crippen LogP contribution is -2.05. The highest BCUT2D eigenvalue weighted by Gasteiger charge is 2.36. The van der Waals surface area contributed by atoms with E-state index < -0.39 is 0 Å². The number of aryl methyl sites for hydroxylation is 1. The molecule has 0 aliphatic heterocycles. The quantitative estimate of drug-likeness (QED) is 0.730.